The van der Waals surface area contributed by atoms with Crippen molar-refractivity contribution in [1.29, 1.82) is 0 Å². The van der Waals surface area contributed by atoms with Crippen molar-refractivity contribution >= 4 is 64.9 Å². The van der Waals surface area contributed by atoms with E-state index in [1.165, 1.54) is 65.3 Å². The largest absolute Gasteiger partial charge is 0.256 e. The Labute approximate surface area is 294 Å². The standard InChI is InChI=1S/C48H31N3/c1-48(2)39-27-31(40-15-7-8-24-49-40)19-22-37(39)43-35-14-6-5-13-34(35)42-36-21-18-30(26-38(36)32-11-3-4-12-33(32)44(42)45(43)48)41-23-20-29-17-16-28-10-9-25-50-46(28)47(29)51-41/h3-27H,1-2H3. The predicted molar refractivity (Wildman–Crippen MR) is 213 cm³/mol. The zero-order valence-electron chi connectivity index (χ0n) is 28.3. The van der Waals surface area contributed by atoms with Crippen LogP contribution in [0.3, 0.4) is 0 Å². The molecule has 0 aliphatic heterocycles. The third-order valence-electron chi connectivity index (χ3n) is 11.3. The highest BCUT2D eigenvalue weighted by atomic mass is 14.8. The molecule has 1 aliphatic rings. The third-order valence-corrected chi connectivity index (χ3v) is 11.3. The second kappa shape index (κ2) is 10.3. The molecule has 0 fully saturated rings. The molecule has 1 aliphatic carbocycles. The normalized spacial score (nSPS) is 13.5. The Balaban J connectivity index is 1.22. The maximum absolute atomic E-state index is 5.22. The number of benzene rings is 7. The van der Waals surface area contributed by atoms with Gasteiger partial charge in [-0.25, -0.2) is 4.98 Å². The average Bonchev–Trinajstić information content (AvgIpc) is 3.43. The van der Waals surface area contributed by atoms with Gasteiger partial charge in [0.25, 0.3) is 0 Å². The van der Waals surface area contributed by atoms with Gasteiger partial charge >= 0.3 is 0 Å². The van der Waals surface area contributed by atoms with Crippen LogP contribution in [0.1, 0.15) is 25.0 Å². The van der Waals surface area contributed by atoms with Crippen LogP contribution in [0.2, 0.25) is 0 Å². The molecule has 3 aromatic heterocycles. The van der Waals surface area contributed by atoms with Crippen LogP contribution in [-0.2, 0) is 5.41 Å². The summed E-state index contributed by atoms with van der Waals surface area (Å²) in [7, 11) is 0. The van der Waals surface area contributed by atoms with Crippen LogP contribution >= 0.6 is 0 Å². The Morgan fingerprint density at radius 1 is 0.451 bits per heavy atom. The van der Waals surface area contributed by atoms with Gasteiger partial charge in [0.15, 0.2) is 0 Å². The molecule has 0 N–H and O–H groups in total. The topological polar surface area (TPSA) is 38.7 Å². The molecule has 0 bridgehead atoms. The number of nitrogens with zero attached hydrogens (tertiary/aromatic N) is 3. The fourth-order valence-corrected chi connectivity index (χ4v) is 8.96. The summed E-state index contributed by atoms with van der Waals surface area (Å²) in [5.74, 6) is 0. The number of hydrogen-bond acceptors (Lipinski definition) is 3. The number of fused-ring (bicyclic) bond motifs is 16. The van der Waals surface area contributed by atoms with E-state index in [1.54, 1.807) is 0 Å². The molecule has 3 heteroatoms. The zero-order chi connectivity index (χ0) is 33.8. The summed E-state index contributed by atoms with van der Waals surface area (Å²) in [6.07, 6.45) is 3.73. The molecular formula is C48H31N3. The minimum Gasteiger partial charge on any atom is -0.256 e. The van der Waals surface area contributed by atoms with Crippen LogP contribution in [-0.4, -0.2) is 15.0 Å². The van der Waals surface area contributed by atoms with E-state index >= 15 is 0 Å². The maximum atomic E-state index is 5.22. The molecule has 11 rings (SSSR count). The van der Waals surface area contributed by atoms with Gasteiger partial charge in [0, 0.05) is 39.7 Å². The molecule has 0 saturated carbocycles. The van der Waals surface area contributed by atoms with E-state index in [1.807, 2.05) is 24.5 Å². The van der Waals surface area contributed by atoms with E-state index in [9.17, 15) is 0 Å². The third kappa shape index (κ3) is 3.92. The van der Waals surface area contributed by atoms with Crippen LogP contribution in [0, 0.1) is 0 Å². The first-order chi connectivity index (χ1) is 25.1. The highest BCUT2D eigenvalue weighted by molar-refractivity contribution is 6.35. The smallest absolute Gasteiger partial charge is 0.0972 e. The molecule has 0 saturated heterocycles. The zero-order valence-corrected chi connectivity index (χ0v) is 28.3. The molecular weight excluding hydrogens is 619 g/mol. The number of pyridine rings is 3. The van der Waals surface area contributed by atoms with Crippen molar-refractivity contribution in [2.75, 3.05) is 0 Å². The van der Waals surface area contributed by atoms with Crippen LogP contribution < -0.4 is 0 Å². The van der Waals surface area contributed by atoms with Crippen molar-refractivity contribution in [3.8, 4) is 33.6 Å². The van der Waals surface area contributed by atoms with Crippen LogP contribution in [0.4, 0.5) is 0 Å². The van der Waals surface area contributed by atoms with Gasteiger partial charge in [-0.3, -0.25) is 9.97 Å². The molecule has 0 atom stereocenters. The van der Waals surface area contributed by atoms with E-state index in [4.69, 9.17) is 15.0 Å². The molecule has 51 heavy (non-hydrogen) atoms. The molecule has 238 valence electrons. The Morgan fingerprint density at radius 3 is 1.94 bits per heavy atom. The lowest BCUT2D eigenvalue weighted by Crippen LogP contribution is -2.16. The number of aromatic nitrogens is 3. The van der Waals surface area contributed by atoms with Crippen molar-refractivity contribution in [3.05, 3.63) is 163 Å². The first-order valence-corrected chi connectivity index (χ1v) is 17.6. The predicted octanol–water partition coefficient (Wildman–Crippen LogP) is 12.4. The molecule has 0 amide bonds. The highest BCUT2D eigenvalue weighted by Gasteiger charge is 2.39. The van der Waals surface area contributed by atoms with Gasteiger partial charge in [0.1, 0.15) is 0 Å². The minimum atomic E-state index is -0.236. The van der Waals surface area contributed by atoms with Gasteiger partial charge in [-0.2, -0.15) is 0 Å². The maximum Gasteiger partial charge on any atom is 0.0972 e. The Bertz CT molecular complexity index is 3100. The van der Waals surface area contributed by atoms with E-state index in [2.05, 4.69) is 141 Å². The quantitative estimate of drug-likeness (QED) is 0.175. The van der Waals surface area contributed by atoms with Crippen molar-refractivity contribution in [3.63, 3.8) is 0 Å². The minimum absolute atomic E-state index is 0.236. The summed E-state index contributed by atoms with van der Waals surface area (Å²) in [6, 6.07) is 50.7. The lowest BCUT2D eigenvalue weighted by molar-refractivity contribution is 0.667. The summed E-state index contributed by atoms with van der Waals surface area (Å²) in [5, 5.41) is 12.5. The SMILES string of the molecule is CC1(C)c2cc(-c3ccccn3)ccc2-c2c1c1c3ccccc3c3cc(-c4ccc5ccc6cccnc6c5n4)ccc3c1c1ccccc21. The van der Waals surface area contributed by atoms with Gasteiger partial charge in [0.2, 0.25) is 0 Å². The van der Waals surface area contributed by atoms with Gasteiger partial charge in [0.05, 0.1) is 22.4 Å². The summed E-state index contributed by atoms with van der Waals surface area (Å²) >= 11 is 0. The van der Waals surface area contributed by atoms with Gasteiger partial charge in [-0.05, 0) is 102 Å². The van der Waals surface area contributed by atoms with Gasteiger partial charge < -0.3 is 0 Å². The monoisotopic (exact) mass is 649 g/mol. The van der Waals surface area contributed by atoms with Gasteiger partial charge in [-0.1, -0.05) is 117 Å². The lowest BCUT2D eigenvalue weighted by Gasteiger charge is -2.26. The van der Waals surface area contributed by atoms with Crippen LogP contribution in [0.25, 0.3) is 98.5 Å². The van der Waals surface area contributed by atoms with Crippen LogP contribution in [0.15, 0.2) is 152 Å². The lowest BCUT2D eigenvalue weighted by atomic mass is 9.77. The molecule has 0 spiro atoms. The van der Waals surface area contributed by atoms with E-state index in [0.29, 0.717) is 0 Å². The fraction of sp³-hybridized carbons (Fsp3) is 0.0625. The Hall–Kier alpha value is -6.45. The van der Waals surface area contributed by atoms with Crippen molar-refractivity contribution in [2.45, 2.75) is 19.3 Å². The molecule has 10 aromatic rings. The van der Waals surface area contributed by atoms with Gasteiger partial charge in [-0.15, -0.1) is 0 Å². The first-order valence-electron chi connectivity index (χ1n) is 17.6. The second-order valence-corrected chi connectivity index (χ2v) is 14.4. The van der Waals surface area contributed by atoms with E-state index in [0.717, 1.165) is 44.3 Å². The van der Waals surface area contributed by atoms with Crippen molar-refractivity contribution in [1.82, 2.24) is 15.0 Å². The van der Waals surface area contributed by atoms with E-state index in [-0.39, 0.29) is 5.41 Å². The molecule has 3 nitrogen and oxygen atoms in total. The summed E-state index contributed by atoms with van der Waals surface area (Å²) < 4.78 is 0. The highest BCUT2D eigenvalue weighted by Crippen LogP contribution is 2.57. The summed E-state index contributed by atoms with van der Waals surface area (Å²) in [6.45, 7) is 4.81. The number of rotatable bonds is 2. The summed E-state index contributed by atoms with van der Waals surface area (Å²) in [4.78, 5) is 14.6. The number of hydrogen-bond donors (Lipinski definition) is 0. The van der Waals surface area contributed by atoms with Crippen LogP contribution in [0.5, 0.6) is 0 Å². The molecule has 7 aromatic carbocycles. The molecule has 3 heterocycles. The Morgan fingerprint density at radius 2 is 1.12 bits per heavy atom. The average molecular weight is 650 g/mol. The van der Waals surface area contributed by atoms with Crippen molar-refractivity contribution in [2.24, 2.45) is 0 Å². The van der Waals surface area contributed by atoms with Crippen molar-refractivity contribution < 1.29 is 0 Å². The Kier molecular flexibility index (Phi) is 5.73. The summed E-state index contributed by atoms with van der Waals surface area (Å²) in [5.41, 5.74) is 11.3. The fourth-order valence-electron chi connectivity index (χ4n) is 8.96. The first kappa shape index (κ1) is 28.4. The molecule has 0 radical (unpaired) electrons. The molecule has 0 unspecified atom stereocenters. The second-order valence-electron chi connectivity index (χ2n) is 14.4. The van der Waals surface area contributed by atoms with E-state index < -0.39 is 0 Å².